The van der Waals surface area contributed by atoms with Crippen LogP contribution in [0.2, 0.25) is 0 Å². The van der Waals surface area contributed by atoms with E-state index in [0.717, 1.165) is 28.3 Å². The fourth-order valence-corrected chi connectivity index (χ4v) is 4.03. The number of para-hydroxylation sites is 2. The average Bonchev–Trinajstić information content (AvgIpc) is 3.46. The minimum Gasteiger partial charge on any atom is -0.486 e. The third-order valence-electron chi connectivity index (χ3n) is 4.91. The van der Waals surface area contributed by atoms with Crippen LogP contribution in [-0.2, 0) is 11.4 Å². The molecule has 0 radical (unpaired) electrons. The summed E-state index contributed by atoms with van der Waals surface area (Å²) in [6, 6.07) is 21.2. The number of anilines is 1. The standard InChI is InChI=1S/C25H21N5O2S/c1-17-8-6-9-18(2)23(17)30-13-7-10-20(30)14-19(15-26)24(31)27-25-29-28-22(33-25)16-32-21-11-4-3-5-12-21/h3-14H,16H2,1-2H3,(H,27,29,31)/b19-14-. The van der Waals surface area contributed by atoms with Gasteiger partial charge < -0.3 is 9.30 Å². The van der Waals surface area contributed by atoms with Gasteiger partial charge in [-0.05, 0) is 55.3 Å². The topological polar surface area (TPSA) is 92.8 Å². The number of nitrogens with one attached hydrogen (secondary N) is 1. The summed E-state index contributed by atoms with van der Waals surface area (Å²) in [4.78, 5) is 12.7. The molecule has 7 nitrogen and oxygen atoms in total. The minimum absolute atomic E-state index is 0.0292. The first-order valence-electron chi connectivity index (χ1n) is 10.2. The van der Waals surface area contributed by atoms with Gasteiger partial charge >= 0.3 is 0 Å². The number of aryl methyl sites for hydroxylation is 2. The van der Waals surface area contributed by atoms with E-state index in [0.29, 0.717) is 10.1 Å². The highest BCUT2D eigenvalue weighted by Gasteiger charge is 2.15. The third kappa shape index (κ3) is 5.17. The lowest BCUT2D eigenvalue weighted by Gasteiger charge is -2.13. The Bertz CT molecular complexity index is 1330. The van der Waals surface area contributed by atoms with E-state index in [1.165, 1.54) is 11.3 Å². The van der Waals surface area contributed by atoms with Crippen molar-refractivity contribution in [2.75, 3.05) is 5.32 Å². The van der Waals surface area contributed by atoms with E-state index in [1.807, 2.05) is 91.3 Å². The van der Waals surface area contributed by atoms with Gasteiger partial charge in [0, 0.05) is 11.9 Å². The molecule has 164 valence electrons. The molecule has 4 rings (SSSR count). The smallest absolute Gasteiger partial charge is 0.268 e. The van der Waals surface area contributed by atoms with Crippen LogP contribution in [-0.4, -0.2) is 20.7 Å². The Morgan fingerprint density at radius 2 is 1.85 bits per heavy atom. The van der Waals surface area contributed by atoms with Crippen molar-refractivity contribution < 1.29 is 9.53 Å². The molecule has 33 heavy (non-hydrogen) atoms. The maximum atomic E-state index is 12.7. The highest BCUT2D eigenvalue weighted by Crippen LogP contribution is 2.23. The van der Waals surface area contributed by atoms with Crippen LogP contribution < -0.4 is 10.1 Å². The zero-order valence-corrected chi connectivity index (χ0v) is 19.0. The lowest BCUT2D eigenvalue weighted by molar-refractivity contribution is -0.112. The molecule has 0 atom stereocenters. The van der Waals surface area contributed by atoms with Crippen molar-refractivity contribution >= 4 is 28.5 Å². The molecule has 8 heteroatoms. The first-order chi connectivity index (χ1) is 16.0. The second-order valence-corrected chi connectivity index (χ2v) is 8.33. The van der Waals surface area contributed by atoms with Crippen molar-refractivity contribution in [2.45, 2.75) is 20.5 Å². The van der Waals surface area contributed by atoms with E-state index >= 15 is 0 Å². The van der Waals surface area contributed by atoms with E-state index < -0.39 is 5.91 Å². The molecule has 0 aliphatic heterocycles. The van der Waals surface area contributed by atoms with Crippen LogP contribution in [0.15, 0.2) is 72.4 Å². The Balaban J connectivity index is 1.48. The quantitative estimate of drug-likeness (QED) is 0.310. The highest BCUT2D eigenvalue weighted by atomic mass is 32.1. The third-order valence-corrected chi connectivity index (χ3v) is 5.72. The largest absolute Gasteiger partial charge is 0.486 e. The van der Waals surface area contributed by atoms with Crippen molar-refractivity contribution in [3.63, 3.8) is 0 Å². The van der Waals surface area contributed by atoms with Crippen molar-refractivity contribution in [1.29, 1.82) is 5.26 Å². The molecule has 0 fully saturated rings. The number of nitriles is 1. The number of amides is 1. The van der Waals surface area contributed by atoms with Crippen molar-refractivity contribution in [3.8, 4) is 17.5 Å². The Kier molecular flexibility index (Phi) is 6.62. The molecular weight excluding hydrogens is 434 g/mol. The van der Waals surface area contributed by atoms with Gasteiger partial charge in [-0.2, -0.15) is 5.26 Å². The molecule has 0 spiro atoms. The number of ether oxygens (including phenoxy) is 1. The number of benzene rings is 2. The Labute approximate surface area is 195 Å². The highest BCUT2D eigenvalue weighted by molar-refractivity contribution is 7.15. The number of nitrogens with zero attached hydrogens (tertiary/aromatic N) is 4. The van der Waals surface area contributed by atoms with Gasteiger partial charge in [-0.15, -0.1) is 10.2 Å². The summed E-state index contributed by atoms with van der Waals surface area (Å²) >= 11 is 1.20. The summed E-state index contributed by atoms with van der Waals surface area (Å²) in [6.07, 6.45) is 3.49. The Morgan fingerprint density at radius 1 is 1.09 bits per heavy atom. The predicted octanol–water partition coefficient (Wildman–Crippen LogP) is 5.07. The SMILES string of the molecule is Cc1cccc(C)c1-n1cccc1/C=C(/C#N)C(=O)Nc1nnc(COc2ccccc2)s1. The summed E-state index contributed by atoms with van der Waals surface area (Å²) in [5.41, 5.74) is 3.93. The molecule has 0 saturated heterocycles. The lowest BCUT2D eigenvalue weighted by Crippen LogP contribution is -2.13. The van der Waals surface area contributed by atoms with Gasteiger partial charge in [-0.25, -0.2) is 0 Å². The molecule has 0 aliphatic rings. The molecule has 0 unspecified atom stereocenters. The summed E-state index contributed by atoms with van der Waals surface area (Å²) in [5, 5.41) is 21.2. The number of aromatic nitrogens is 3. The summed E-state index contributed by atoms with van der Waals surface area (Å²) < 4.78 is 7.62. The number of hydrogen-bond donors (Lipinski definition) is 1. The van der Waals surface area contributed by atoms with E-state index in [4.69, 9.17) is 4.74 Å². The second kappa shape index (κ2) is 9.94. The molecule has 1 N–H and O–H groups in total. The van der Waals surface area contributed by atoms with Crippen LogP contribution >= 0.6 is 11.3 Å². The maximum Gasteiger partial charge on any atom is 0.268 e. The van der Waals surface area contributed by atoms with E-state index in [2.05, 4.69) is 15.5 Å². The lowest BCUT2D eigenvalue weighted by atomic mass is 10.1. The summed E-state index contributed by atoms with van der Waals surface area (Å²) in [5.74, 6) is 0.179. The van der Waals surface area contributed by atoms with Gasteiger partial charge in [-0.3, -0.25) is 10.1 Å². The molecule has 1 amide bonds. The van der Waals surface area contributed by atoms with Crippen LogP contribution in [0.25, 0.3) is 11.8 Å². The van der Waals surface area contributed by atoms with Gasteiger partial charge in [-0.1, -0.05) is 47.7 Å². The van der Waals surface area contributed by atoms with Crippen LogP contribution in [0.1, 0.15) is 21.8 Å². The van der Waals surface area contributed by atoms with Crippen LogP contribution in [0.5, 0.6) is 5.75 Å². The molecule has 4 aromatic rings. The van der Waals surface area contributed by atoms with Crippen LogP contribution in [0.4, 0.5) is 5.13 Å². The average molecular weight is 456 g/mol. The fraction of sp³-hybridized carbons (Fsp3) is 0.120. The first-order valence-corrected chi connectivity index (χ1v) is 11.0. The van der Waals surface area contributed by atoms with Crippen molar-refractivity contribution in [3.05, 3.63) is 94.3 Å². The second-order valence-electron chi connectivity index (χ2n) is 7.27. The van der Waals surface area contributed by atoms with Gasteiger partial charge in [0.1, 0.15) is 24.0 Å². The van der Waals surface area contributed by atoms with Gasteiger partial charge in [0.25, 0.3) is 5.91 Å². The minimum atomic E-state index is -0.543. The van der Waals surface area contributed by atoms with Crippen molar-refractivity contribution in [1.82, 2.24) is 14.8 Å². The number of rotatable bonds is 7. The zero-order valence-electron chi connectivity index (χ0n) is 18.1. The number of hydrogen-bond acceptors (Lipinski definition) is 6. The zero-order chi connectivity index (χ0) is 23.2. The molecule has 2 heterocycles. The van der Waals surface area contributed by atoms with Crippen LogP contribution in [0, 0.1) is 25.2 Å². The number of carbonyl (C=O) groups is 1. The van der Waals surface area contributed by atoms with E-state index in [9.17, 15) is 10.1 Å². The molecule has 2 aromatic carbocycles. The normalized spacial score (nSPS) is 11.1. The maximum absolute atomic E-state index is 12.7. The van der Waals surface area contributed by atoms with E-state index in [-0.39, 0.29) is 12.2 Å². The first kappa shape index (κ1) is 22.0. The number of carbonyl (C=O) groups excluding carboxylic acids is 1. The fourth-order valence-electron chi connectivity index (χ4n) is 3.39. The van der Waals surface area contributed by atoms with Crippen LogP contribution in [0.3, 0.4) is 0 Å². The Hall–Kier alpha value is -4.22. The molecule has 2 aromatic heterocycles. The van der Waals surface area contributed by atoms with Gasteiger partial charge in [0.15, 0.2) is 5.01 Å². The monoisotopic (exact) mass is 455 g/mol. The molecule has 0 saturated carbocycles. The van der Waals surface area contributed by atoms with Crippen molar-refractivity contribution in [2.24, 2.45) is 0 Å². The Morgan fingerprint density at radius 3 is 2.58 bits per heavy atom. The van der Waals surface area contributed by atoms with Gasteiger partial charge in [0.2, 0.25) is 5.13 Å². The molecule has 0 bridgehead atoms. The summed E-state index contributed by atoms with van der Waals surface area (Å²) in [7, 11) is 0. The molecular formula is C25H21N5O2S. The molecule has 0 aliphatic carbocycles. The van der Waals surface area contributed by atoms with Gasteiger partial charge in [0.05, 0.1) is 5.69 Å². The van der Waals surface area contributed by atoms with E-state index in [1.54, 1.807) is 6.08 Å². The predicted molar refractivity (Wildman–Crippen MR) is 128 cm³/mol. The summed E-state index contributed by atoms with van der Waals surface area (Å²) in [6.45, 7) is 4.30.